The molecule has 2 rings (SSSR count). The Bertz CT molecular complexity index is 665. The highest BCUT2D eigenvalue weighted by Crippen LogP contribution is 2.25. The summed E-state index contributed by atoms with van der Waals surface area (Å²) in [6.45, 7) is 4.08. The molecule has 1 fully saturated rings. The van der Waals surface area contributed by atoms with Gasteiger partial charge in [-0.05, 0) is 44.0 Å². The molecule has 0 aromatic heterocycles. The standard InChI is InChI=1S/C14H19N3O3S/c1-3-20-13-7-12(16)14(13)17-21(18,19)11-5-4-10(8-15)9(2)6-11/h4-6,12-14,17H,3,7,16H2,1-2H3. The Kier molecular flexibility index (Phi) is 4.64. The molecule has 1 aromatic rings. The Labute approximate surface area is 125 Å². The number of aryl methyl sites for hydroxylation is 1. The topological polar surface area (TPSA) is 105 Å². The van der Waals surface area contributed by atoms with Crippen molar-refractivity contribution in [1.82, 2.24) is 4.72 Å². The minimum Gasteiger partial charge on any atom is -0.377 e. The van der Waals surface area contributed by atoms with E-state index in [1.165, 1.54) is 18.2 Å². The second-order valence-corrected chi connectivity index (χ2v) is 6.84. The molecule has 7 heteroatoms. The highest BCUT2D eigenvalue weighted by atomic mass is 32.2. The molecule has 114 valence electrons. The van der Waals surface area contributed by atoms with Crippen LogP contribution in [0.15, 0.2) is 23.1 Å². The first-order valence-corrected chi connectivity index (χ1v) is 8.27. The summed E-state index contributed by atoms with van der Waals surface area (Å²) >= 11 is 0. The van der Waals surface area contributed by atoms with Crippen LogP contribution in [-0.4, -0.2) is 33.2 Å². The largest absolute Gasteiger partial charge is 0.377 e. The molecule has 3 atom stereocenters. The molecular weight excluding hydrogens is 290 g/mol. The van der Waals surface area contributed by atoms with Crippen LogP contribution in [0.5, 0.6) is 0 Å². The van der Waals surface area contributed by atoms with Gasteiger partial charge in [-0.3, -0.25) is 0 Å². The predicted molar refractivity (Wildman–Crippen MR) is 78.0 cm³/mol. The Balaban J connectivity index is 2.19. The first-order valence-electron chi connectivity index (χ1n) is 6.79. The fraction of sp³-hybridized carbons (Fsp3) is 0.500. The summed E-state index contributed by atoms with van der Waals surface area (Å²) in [5.41, 5.74) is 6.94. The minimum atomic E-state index is -3.67. The van der Waals surface area contributed by atoms with Crippen LogP contribution in [0.25, 0.3) is 0 Å². The summed E-state index contributed by atoms with van der Waals surface area (Å²) < 4.78 is 32.8. The molecule has 3 N–H and O–H groups in total. The third kappa shape index (κ3) is 3.24. The minimum absolute atomic E-state index is 0.133. The predicted octanol–water partition coefficient (Wildman–Crippen LogP) is 0.650. The first kappa shape index (κ1) is 15.9. The van der Waals surface area contributed by atoms with Gasteiger partial charge in [-0.1, -0.05) is 0 Å². The van der Waals surface area contributed by atoms with E-state index < -0.39 is 16.1 Å². The van der Waals surface area contributed by atoms with Gasteiger partial charge >= 0.3 is 0 Å². The van der Waals surface area contributed by atoms with Crippen molar-refractivity contribution >= 4 is 10.0 Å². The van der Waals surface area contributed by atoms with Gasteiger partial charge < -0.3 is 10.5 Å². The van der Waals surface area contributed by atoms with Crippen molar-refractivity contribution in [3.63, 3.8) is 0 Å². The zero-order valence-electron chi connectivity index (χ0n) is 12.0. The molecule has 6 nitrogen and oxygen atoms in total. The molecule has 1 saturated carbocycles. The number of ether oxygens (including phenoxy) is 1. The van der Waals surface area contributed by atoms with Crippen LogP contribution in [0.1, 0.15) is 24.5 Å². The molecule has 21 heavy (non-hydrogen) atoms. The average molecular weight is 309 g/mol. The number of rotatable bonds is 5. The Hall–Kier alpha value is -1.46. The lowest BCUT2D eigenvalue weighted by Gasteiger charge is -2.42. The quantitative estimate of drug-likeness (QED) is 0.831. The van der Waals surface area contributed by atoms with E-state index in [0.717, 1.165) is 0 Å². The number of nitrogens with zero attached hydrogens (tertiary/aromatic N) is 1. The van der Waals surface area contributed by atoms with E-state index in [1.807, 2.05) is 13.0 Å². The number of sulfonamides is 1. The molecule has 1 aliphatic rings. The molecule has 0 saturated heterocycles. The second-order valence-electron chi connectivity index (χ2n) is 5.13. The molecule has 0 heterocycles. The zero-order chi connectivity index (χ0) is 15.6. The van der Waals surface area contributed by atoms with Crippen molar-refractivity contribution in [1.29, 1.82) is 5.26 Å². The van der Waals surface area contributed by atoms with Crippen LogP contribution in [-0.2, 0) is 14.8 Å². The van der Waals surface area contributed by atoms with E-state index >= 15 is 0 Å². The van der Waals surface area contributed by atoms with Crippen LogP contribution < -0.4 is 10.5 Å². The number of benzene rings is 1. The van der Waals surface area contributed by atoms with Crippen molar-refractivity contribution in [2.45, 2.75) is 43.4 Å². The lowest BCUT2D eigenvalue weighted by molar-refractivity contribution is -0.0248. The van der Waals surface area contributed by atoms with Gasteiger partial charge in [0.15, 0.2) is 0 Å². The highest BCUT2D eigenvalue weighted by molar-refractivity contribution is 7.89. The summed E-state index contributed by atoms with van der Waals surface area (Å²) in [7, 11) is -3.67. The number of hydrogen-bond acceptors (Lipinski definition) is 5. The van der Waals surface area contributed by atoms with Crippen LogP contribution in [0.4, 0.5) is 0 Å². The Morgan fingerprint density at radius 3 is 2.76 bits per heavy atom. The lowest BCUT2D eigenvalue weighted by Crippen LogP contribution is -2.64. The maximum absolute atomic E-state index is 12.4. The maximum atomic E-state index is 12.4. The van der Waals surface area contributed by atoms with Gasteiger partial charge in [0.25, 0.3) is 0 Å². The summed E-state index contributed by atoms with van der Waals surface area (Å²) in [6, 6.07) is 5.78. The normalized spacial score (nSPS) is 25.1. The van der Waals surface area contributed by atoms with Crippen molar-refractivity contribution < 1.29 is 13.2 Å². The van der Waals surface area contributed by atoms with E-state index in [1.54, 1.807) is 6.92 Å². The van der Waals surface area contributed by atoms with Crippen molar-refractivity contribution in [2.75, 3.05) is 6.61 Å². The molecule has 0 amide bonds. The van der Waals surface area contributed by atoms with Crippen molar-refractivity contribution in [2.24, 2.45) is 5.73 Å². The first-order chi connectivity index (χ1) is 9.89. The maximum Gasteiger partial charge on any atom is 0.240 e. The smallest absolute Gasteiger partial charge is 0.240 e. The van der Waals surface area contributed by atoms with Crippen LogP contribution in [0.2, 0.25) is 0 Å². The SMILES string of the molecule is CCOC1CC(N)C1NS(=O)(=O)c1ccc(C#N)c(C)c1. The molecule has 0 bridgehead atoms. The Morgan fingerprint density at radius 1 is 1.52 bits per heavy atom. The Morgan fingerprint density at radius 2 is 2.24 bits per heavy atom. The number of nitrogens with one attached hydrogen (secondary N) is 1. The summed E-state index contributed by atoms with van der Waals surface area (Å²) in [4.78, 5) is 0.133. The van der Waals surface area contributed by atoms with Gasteiger partial charge in [-0.25, -0.2) is 13.1 Å². The van der Waals surface area contributed by atoms with E-state index in [4.69, 9.17) is 15.7 Å². The summed E-state index contributed by atoms with van der Waals surface area (Å²) in [6.07, 6.45) is 0.465. The van der Waals surface area contributed by atoms with Gasteiger partial charge in [0.2, 0.25) is 10.0 Å². The molecule has 1 aliphatic carbocycles. The van der Waals surface area contributed by atoms with Crippen molar-refractivity contribution in [3.8, 4) is 6.07 Å². The van der Waals surface area contributed by atoms with E-state index in [0.29, 0.717) is 24.2 Å². The van der Waals surface area contributed by atoms with Crippen LogP contribution in [0, 0.1) is 18.3 Å². The number of nitrogens with two attached hydrogens (primary N) is 1. The molecule has 3 unspecified atom stereocenters. The third-order valence-corrected chi connectivity index (χ3v) is 5.12. The van der Waals surface area contributed by atoms with Gasteiger partial charge in [-0.2, -0.15) is 5.26 Å². The summed E-state index contributed by atoms with van der Waals surface area (Å²) in [5.74, 6) is 0. The monoisotopic (exact) mass is 309 g/mol. The molecule has 1 aromatic carbocycles. The van der Waals surface area contributed by atoms with Crippen molar-refractivity contribution in [3.05, 3.63) is 29.3 Å². The van der Waals surface area contributed by atoms with E-state index in [2.05, 4.69) is 4.72 Å². The molecule has 0 spiro atoms. The molecular formula is C14H19N3O3S. The van der Waals surface area contributed by atoms with Gasteiger partial charge in [0.05, 0.1) is 28.7 Å². The van der Waals surface area contributed by atoms with Crippen LogP contribution in [0.3, 0.4) is 0 Å². The van der Waals surface area contributed by atoms with Crippen LogP contribution >= 0.6 is 0 Å². The lowest BCUT2D eigenvalue weighted by atomic mass is 9.84. The second kappa shape index (κ2) is 6.12. The molecule has 0 aliphatic heterocycles. The molecule has 0 radical (unpaired) electrons. The van der Waals surface area contributed by atoms with Gasteiger partial charge in [0, 0.05) is 12.6 Å². The van der Waals surface area contributed by atoms with E-state index in [-0.39, 0.29) is 17.0 Å². The van der Waals surface area contributed by atoms with E-state index in [9.17, 15) is 8.42 Å². The highest BCUT2D eigenvalue weighted by Gasteiger charge is 2.42. The summed E-state index contributed by atoms with van der Waals surface area (Å²) in [5, 5.41) is 8.89. The third-order valence-electron chi connectivity index (χ3n) is 3.67. The van der Waals surface area contributed by atoms with Gasteiger partial charge in [-0.15, -0.1) is 0 Å². The van der Waals surface area contributed by atoms with Gasteiger partial charge in [0.1, 0.15) is 0 Å². The number of nitriles is 1. The fourth-order valence-corrected chi connectivity index (χ4v) is 3.77. The fourth-order valence-electron chi connectivity index (χ4n) is 2.37. The number of hydrogen-bond donors (Lipinski definition) is 2. The zero-order valence-corrected chi connectivity index (χ0v) is 12.9. The average Bonchev–Trinajstić information content (AvgIpc) is 2.45.